The predicted molar refractivity (Wildman–Crippen MR) is 89.3 cm³/mol. The van der Waals surface area contributed by atoms with Crippen LogP contribution in [0.15, 0.2) is 0 Å². The molecule has 1 rings (SSSR count). The van der Waals surface area contributed by atoms with Crippen LogP contribution < -0.4 is 5.32 Å². The maximum atomic E-state index is 3.62. The van der Waals surface area contributed by atoms with Gasteiger partial charge in [0.05, 0.1) is 0 Å². The first kappa shape index (κ1) is 17.9. The molecule has 0 aliphatic heterocycles. The van der Waals surface area contributed by atoms with Crippen LogP contribution in [0, 0.1) is 11.3 Å². The van der Waals surface area contributed by atoms with Crippen molar-refractivity contribution in [3.63, 3.8) is 0 Å². The van der Waals surface area contributed by atoms with Crippen LogP contribution >= 0.6 is 0 Å². The zero-order valence-electron chi connectivity index (χ0n) is 14.5. The third-order valence-electron chi connectivity index (χ3n) is 4.46. The lowest BCUT2D eigenvalue weighted by atomic mass is 9.85. The van der Waals surface area contributed by atoms with Crippen LogP contribution in [-0.2, 0) is 0 Å². The quantitative estimate of drug-likeness (QED) is 0.665. The van der Waals surface area contributed by atoms with Crippen molar-refractivity contribution in [3.8, 4) is 0 Å². The fourth-order valence-corrected chi connectivity index (χ4v) is 3.47. The van der Waals surface area contributed by atoms with Gasteiger partial charge in [0.2, 0.25) is 0 Å². The van der Waals surface area contributed by atoms with Gasteiger partial charge < -0.3 is 15.1 Å². The standard InChI is InChI=1S/C17H37N3/c1-6-18-14-17(9-7-8-10-17)15-20(13-16(2)3)12-11-19(4)5/h16,18H,6-15H2,1-5H3. The maximum absolute atomic E-state index is 3.62. The summed E-state index contributed by atoms with van der Waals surface area (Å²) >= 11 is 0. The topological polar surface area (TPSA) is 18.5 Å². The Bertz CT molecular complexity index is 245. The Hall–Kier alpha value is -0.120. The number of nitrogens with zero attached hydrogens (tertiary/aromatic N) is 2. The molecule has 0 saturated heterocycles. The number of hydrogen-bond acceptors (Lipinski definition) is 3. The van der Waals surface area contributed by atoms with Crippen LogP contribution in [0.2, 0.25) is 0 Å². The molecule has 1 aliphatic rings. The summed E-state index contributed by atoms with van der Waals surface area (Å²) in [4.78, 5) is 5.02. The van der Waals surface area contributed by atoms with Gasteiger partial charge in [0.25, 0.3) is 0 Å². The molecule has 0 radical (unpaired) electrons. The van der Waals surface area contributed by atoms with E-state index in [2.05, 4.69) is 50.0 Å². The highest BCUT2D eigenvalue weighted by Gasteiger charge is 2.35. The molecule has 0 unspecified atom stereocenters. The van der Waals surface area contributed by atoms with E-state index >= 15 is 0 Å². The summed E-state index contributed by atoms with van der Waals surface area (Å²) in [5.41, 5.74) is 0.539. The summed E-state index contributed by atoms with van der Waals surface area (Å²) in [5, 5.41) is 3.62. The third-order valence-corrected chi connectivity index (χ3v) is 4.46. The van der Waals surface area contributed by atoms with Crippen LogP contribution in [0.3, 0.4) is 0 Å². The molecule has 1 saturated carbocycles. The van der Waals surface area contributed by atoms with E-state index in [4.69, 9.17) is 0 Å². The molecule has 120 valence electrons. The van der Waals surface area contributed by atoms with Crippen molar-refractivity contribution in [1.82, 2.24) is 15.1 Å². The monoisotopic (exact) mass is 283 g/mol. The first-order chi connectivity index (χ1) is 9.47. The van der Waals surface area contributed by atoms with E-state index < -0.39 is 0 Å². The SMILES string of the molecule is CCNCC1(CN(CCN(C)C)CC(C)C)CCCC1. The molecule has 1 aliphatic carbocycles. The highest BCUT2D eigenvalue weighted by molar-refractivity contribution is 4.89. The summed E-state index contributed by atoms with van der Waals surface area (Å²) in [6, 6.07) is 0. The zero-order chi connectivity index (χ0) is 15.0. The fraction of sp³-hybridized carbons (Fsp3) is 1.00. The van der Waals surface area contributed by atoms with Crippen LogP contribution in [0.5, 0.6) is 0 Å². The fourth-order valence-electron chi connectivity index (χ4n) is 3.47. The molecule has 0 amide bonds. The van der Waals surface area contributed by atoms with Gasteiger partial charge >= 0.3 is 0 Å². The Morgan fingerprint density at radius 1 is 1.10 bits per heavy atom. The number of likely N-dealkylation sites (N-methyl/N-ethyl adjacent to an activating group) is 1. The van der Waals surface area contributed by atoms with Crippen LogP contribution in [0.1, 0.15) is 46.5 Å². The van der Waals surface area contributed by atoms with Gasteiger partial charge in [-0.05, 0) is 44.8 Å². The van der Waals surface area contributed by atoms with Gasteiger partial charge in [-0.3, -0.25) is 0 Å². The van der Waals surface area contributed by atoms with E-state index in [0.29, 0.717) is 5.41 Å². The summed E-state index contributed by atoms with van der Waals surface area (Å²) in [6.07, 6.45) is 5.68. The molecule has 0 atom stereocenters. The van der Waals surface area contributed by atoms with E-state index in [1.807, 2.05) is 0 Å². The minimum atomic E-state index is 0.539. The van der Waals surface area contributed by atoms with Gasteiger partial charge in [-0.2, -0.15) is 0 Å². The molecule has 0 aromatic rings. The van der Waals surface area contributed by atoms with E-state index in [1.165, 1.54) is 58.4 Å². The molecule has 0 bridgehead atoms. The van der Waals surface area contributed by atoms with Gasteiger partial charge in [0.1, 0.15) is 0 Å². The lowest BCUT2D eigenvalue weighted by Gasteiger charge is -2.37. The summed E-state index contributed by atoms with van der Waals surface area (Å²) in [5.74, 6) is 0.759. The number of nitrogens with one attached hydrogen (secondary N) is 1. The second-order valence-electron chi connectivity index (χ2n) is 7.42. The third kappa shape index (κ3) is 6.55. The maximum Gasteiger partial charge on any atom is 0.0109 e. The van der Waals surface area contributed by atoms with Crippen molar-refractivity contribution in [3.05, 3.63) is 0 Å². The molecule has 20 heavy (non-hydrogen) atoms. The molecular formula is C17H37N3. The van der Waals surface area contributed by atoms with Crippen molar-refractivity contribution >= 4 is 0 Å². The Labute approximate surface area is 127 Å². The second-order valence-corrected chi connectivity index (χ2v) is 7.42. The van der Waals surface area contributed by atoms with Gasteiger partial charge in [-0.25, -0.2) is 0 Å². The largest absolute Gasteiger partial charge is 0.316 e. The Kier molecular flexibility index (Phi) is 8.08. The second kappa shape index (κ2) is 9.01. The van der Waals surface area contributed by atoms with E-state index in [0.717, 1.165) is 12.5 Å². The van der Waals surface area contributed by atoms with Crippen molar-refractivity contribution in [2.45, 2.75) is 46.5 Å². The molecule has 0 aromatic heterocycles. The molecule has 1 fully saturated rings. The van der Waals surface area contributed by atoms with Gasteiger partial charge in [-0.15, -0.1) is 0 Å². The van der Waals surface area contributed by atoms with Crippen LogP contribution in [0.4, 0.5) is 0 Å². The summed E-state index contributed by atoms with van der Waals surface area (Å²) in [6.45, 7) is 14.1. The zero-order valence-corrected chi connectivity index (χ0v) is 14.5. The number of hydrogen-bond donors (Lipinski definition) is 1. The van der Waals surface area contributed by atoms with Crippen molar-refractivity contribution in [1.29, 1.82) is 0 Å². The van der Waals surface area contributed by atoms with Crippen LogP contribution in [0.25, 0.3) is 0 Å². The first-order valence-electron chi connectivity index (χ1n) is 8.55. The summed E-state index contributed by atoms with van der Waals surface area (Å²) in [7, 11) is 4.36. The minimum Gasteiger partial charge on any atom is -0.316 e. The average Bonchev–Trinajstić information content (AvgIpc) is 2.82. The molecule has 3 nitrogen and oxygen atoms in total. The normalized spacial score (nSPS) is 18.6. The Morgan fingerprint density at radius 3 is 2.25 bits per heavy atom. The van der Waals surface area contributed by atoms with E-state index in [-0.39, 0.29) is 0 Å². The molecule has 0 aromatic carbocycles. The molecule has 0 heterocycles. The summed E-state index contributed by atoms with van der Waals surface area (Å²) < 4.78 is 0. The van der Waals surface area contributed by atoms with Gasteiger partial charge in [0, 0.05) is 32.7 Å². The number of rotatable bonds is 10. The van der Waals surface area contributed by atoms with E-state index in [1.54, 1.807) is 0 Å². The predicted octanol–water partition coefficient (Wildman–Crippen LogP) is 2.68. The smallest absolute Gasteiger partial charge is 0.0109 e. The highest BCUT2D eigenvalue weighted by atomic mass is 15.2. The van der Waals surface area contributed by atoms with Crippen molar-refractivity contribution < 1.29 is 0 Å². The van der Waals surface area contributed by atoms with Crippen LogP contribution in [-0.4, -0.2) is 63.2 Å². The van der Waals surface area contributed by atoms with Crippen molar-refractivity contribution in [2.75, 3.05) is 53.4 Å². The Morgan fingerprint density at radius 2 is 1.75 bits per heavy atom. The van der Waals surface area contributed by atoms with Gasteiger partial charge in [-0.1, -0.05) is 33.6 Å². The average molecular weight is 284 g/mol. The molecule has 3 heteroatoms. The Balaban J connectivity index is 2.58. The van der Waals surface area contributed by atoms with Crippen molar-refractivity contribution in [2.24, 2.45) is 11.3 Å². The first-order valence-corrected chi connectivity index (χ1v) is 8.55. The van der Waals surface area contributed by atoms with Gasteiger partial charge in [0.15, 0.2) is 0 Å². The highest BCUT2D eigenvalue weighted by Crippen LogP contribution is 2.38. The molecular weight excluding hydrogens is 246 g/mol. The molecule has 1 N–H and O–H groups in total. The minimum absolute atomic E-state index is 0.539. The lowest BCUT2D eigenvalue weighted by Crippen LogP contribution is -2.45. The lowest BCUT2D eigenvalue weighted by molar-refractivity contribution is 0.129. The van der Waals surface area contributed by atoms with E-state index in [9.17, 15) is 0 Å². The molecule has 0 spiro atoms.